The Hall–Kier alpha value is 1.63. The van der Waals surface area contributed by atoms with Crippen molar-refractivity contribution in [1.82, 2.24) is 2.97 Å². The molecule has 0 aromatic rings. The van der Waals surface area contributed by atoms with Gasteiger partial charge in [0.2, 0.25) is 0 Å². The average molecular weight is 302 g/mol. The summed E-state index contributed by atoms with van der Waals surface area (Å²) >= 11 is -2.18. The van der Waals surface area contributed by atoms with Crippen molar-refractivity contribution in [3.05, 3.63) is 0 Å². The summed E-state index contributed by atoms with van der Waals surface area (Å²) in [6.45, 7) is 6.73. The molecule has 0 amide bonds. The van der Waals surface area contributed by atoms with Crippen molar-refractivity contribution in [1.29, 1.82) is 0 Å². The Morgan fingerprint density at radius 3 is 1.80 bits per heavy atom. The summed E-state index contributed by atoms with van der Waals surface area (Å²) < 4.78 is 3.44. The second-order valence-corrected chi connectivity index (χ2v) is 19.1. The van der Waals surface area contributed by atoms with E-state index in [1.54, 1.807) is 0 Å². The fourth-order valence-electron chi connectivity index (χ4n) is 0.718. The van der Waals surface area contributed by atoms with Crippen molar-refractivity contribution < 1.29 is 0 Å². The second kappa shape index (κ2) is 5.30. The van der Waals surface area contributed by atoms with Crippen molar-refractivity contribution in [2.24, 2.45) is 0 Å². The van der Waals surface area contributed by atoms with Gasteiger partial charge in [0, 0.05) is 0 Å². The van der Waals surface area contributed by atoms with Crippen LogP contribution >= 0.6 is 17.2 Å². The molecule has 60 valence electrons. The number of halogens is 2. The fraction of sp³-hybridized carbons (Fsp3) is 1.00. The standard InChI is InChI=1S/C5H14NSi.2ClH.In/c1-4-7(3,6)5-2;;;/h6H,4-5H2,1-3H3;2*1H;/q-1;;;+3/p-2. The molecule has 0 radical (unpaired) electrons. The Morgan fingerprint density at radius 2 is 1.70 bits per heavy atom. The summed E-state index contributed by atoms with van der Waals surface area (Å²) in [5.41, 5.74) is 0. The number of nitrogens with one attached hydrogen (secondary N) is 1. The maximum absolute atomic E-state index is 5.82. The molecular formula is C5H14Cl2InNSi. The van der Waals surface area contributed by atoms with Crippen molar-refractivity contribution in [2.45, 2.75) is 32.5 Å². The summed E-state index contributed by atoms with van der Waals surface area (Å²) in [4.78, 5) is 0. The van der Waals surface area contributed by atoms with E-state index in [1.165, 1.54) is 12.1 Å². The molecule has 0 fully saturated rings. The first-order valence-electron chi connectivity index (χ1n) is 3.60. The molecule has 0 aliphatic carbocycles. The van der Waals surface area contributed by atoms with Crippen LogP contribution in [0.4, 0.5) is 0 Å². The third-order valence-corrected chi connectivity index (χ3v) is 18.3. The third-order valence-electron chi connectivity index (χ3n) is 2.02. The van der Waals surface area contributed by atoms with Gasteiger partial charge in [-0.15, -0.1) is 0 Å². The van der Waals surface area contributed by atoms with Gasteiger partial charge in [-0.25, -0.2) is 0 Å². The Morgan fingerprint density at radius 1 is 1.30 bits per heavy atom. The zero-order valence-electron chi connectivity index (χ0n) is 6.75. The van der Waals surface area contributed by atoms with Gasteiger partial charge in [-0.05, 0) is 0 Å². The molecule has 0 aromatic carbocycles. The van der Waals surface area contributed by atoms with Crippen LogP contribution in [0, 0.1) is 0 Å². The third kappa shape index (κ3) is 4.49. The Labute approximate surface area is 79.6 Å². The van der Waals surface area contributed by atoms with Gasteiger partial charge < -0.3 is 0 Å². The number of hydrogen-bond donors (Lipinski definition) is 1. The summed E-state index contributed by atoms with van der Waals surface area (Å²) in [6.07, 6.45) is 0. The number of hydrogen-bond acceptors (Lipinski definition) is 1. The van der Waals surface area contributed by atoms with Gasteiger partial charge >= 0.3 is 80.2 Å². The first-order valence-corrected chi connectivity index (χ1v) is 16.5. The first-order chi connectivity index (χ1) is 4.54. The van der Waals surface area contributed by atoms with Gasteiger partial charge in [0.1, 0.15) is 0 Å². The van der Waals surface area contributed by atoms with Crippen LogP contribution in [0.1, 0.15) is 13.8 Å². The zero-order chi connectivity index (χ0) is 8.20. The summed E-state index contributed by atoms with van der Waals surface area (Å²) in [7, 11) is 10.5. The molecular weight excluding hydrogens is 288 g/mol. The molecule has 0 spiro atoms. The van der Waals surface area contributed by atoms with Gasteiger partial charge in [-0.2, -0.15) is 0 Å². The van der Waals surface area contributed by atoms with E-state index in [0.29, 0.717) is 0 Å². The summed E-state index contributed by atoms with van der Waals surface area (Å²) in [5.74, 6) is 0. The van der Waals surface area contributed by atoms with E-state index in [-0.39, 0.29) is 0 Å². The van der Waals surface area contributed by atoms with Crippen LogP contribution in [0.15, 0.2) is 0 Å². The normalized spacial score (nSPS) is 11.7. The van der Waals surface area contributed by atoms with E-state index in [4.69, 9.17) is 17.2 Å². The second-order valence-electron chi connectivity index (χ2n) is 2.71. The predicted octanol–water partition coefficient (Wildman–Crippen LogP) is 2.65. The monoisotopic (exact) mass is 301 g/mol. The van der Waals surface area contributed by atoms with Crippen LogP contribution < -0.4 is 2.97 Å². The zero-order valence-corrected chi connectivity index (χ0v) is 12.6. The van der Waals surface area contributed by atoms with Gasteiger partial charge in [-0.3, -0.25) is 0 Å². The molecule has 0 bridgehead atoms. The van der Waals surface area contributed by atoms with E-state index in [0.717, 1.165) is 0 Å². The minimum atomic E-state index is -2.18. The predicted molar refractivity (Wildman–Crippen MR) is 53.2 cm³/mol. The molecule has 0 rings (SSSR count). The van der Waals surface area contributed by atoms with Crippen molar-refractivity contribution in [2.75, 3.05) is 0 Å². The molecule has 0 saturated heterocycles. The minimum absolute atomic E-state index is 1.18. The van der Waals surface area contributed by atoms with E-state index in [2.05, 4.69) is 23.4 Å². The molecule has 1 nitrogen and oxygen atoms in total. The molecule has 0 unspecified atom stereocenters. The Kier molecular flexibility index (Phi) is 6.17. The maximum atomic E-state index is 5.82. The summed E-state index contributed by atoms with van der Waals surface area (Å²) in [5, 5.41) is 0. The van der Waals surface area contributed by atoms with E-state index in [1.807, 2.05) is 0 Å². The quantitative estimate of drug-likeness (QED) is 0.787. The number of rotatable bonds is 4. The molecule has 0 aliphatic rings. The van der Waals surface area contributed by atoms with E-state index in [9.17, 15) is 0 Å². The van der Waals surface area contributed by atoms with Crippen LogP contribution in [0.25, 0.3) is 0 Å². The molecule has 1 N–H and O–H groups in total. The van der Waals surface area contributed by atoms with Crippen LogP contribution in [0.5, 0.6) is 0 Å². The van der Waals surface area contributed by atoms with Gasteiger partial charge in [0.25, 0.3) is 0 Å². The topological polar surface area (TPSA) is 12.0 Å². The molecule has 0 saturated carbocycles. The molecule has 10 heavy (non-hydrogen) atoms. The fourth-order valence-corrected chi connectivity index (χ4v) is 20.8. The van der Waals surface area contributed by atoms with Gasteiger partial charge in [0.15, 0.2) is 0 Å². The molecule has 0 atom stereocenters. The molecule has 0 aromatic heterocycles. The van der Waals surface area contributed by atoms with Gasteiger partial charge in [0.05, 0.1) is 0 Å². The molecule has 5 heteroatoms. The van der Waals surface area contributed by atoms with Crippen molar-refractivity contribution >= 4 is 44.7 Å². The van der Waals surface area contributed by atoms with Crippen molar-refractivity contribution in [3.63, 3.8) is 0 Å². The van der Waals surface area contributed by atoms with E-state index < -0.39 is 27.6 Å². The van der Waals surface area contributed by atoms with Crippen molar-refractivity contribution in [3.8, 4) is 0 Å². The Balaban J connectivity index is 3.80. The van der Waals surface area contributed by atoms with Gasteiger partial charge in [-0.1, -0.05) is 0 Å². The molecule has 0 aliphatic heterocycles. The van der Waals surface area contributed by atoms with Crippen LogP contribution in [-0.2, 0) is 0 Å². The van der Waals surface area contributed by atoms with Crippen LogP contribution in [-0.4, -0.2) is 27.6 Å². The first kappa shape index (κ1) is 11.6. The average Bonchev–Trinajstić information content (AvgIpc) is 1.87. The van der Waals surface area contributed by atoms with E-state index >= 15 is 0 Å². The van der Waals surface area contributed by atoms with Crippen LogP contribution in [0.3, 0.4) is 0 Å². The molecule has 0 heterocycles. The van der Waals surface area contributed by atoms with Crippen LogP contribution in [0.2, 0.25) is 18.6 Å². The SMILES string of the molecule is CC[Si](C)(CC)[NH][In]([Cl])[Cl]. The summed E-state index contributed by atoms with van der Waals surface area (Å²) in [6, 6.07) is 2.46. The Bertz CT molecular complexity index is 97.6.